The van der Waals surface area contributed by atoms with Crippen LogP contribution in [-0.4, -0.2) is 32.6 Å². The molecule has 5 N–H and O–H groups in total. The van der Waals surface area contributed by atoms with Gasteiger partial charge in [0.15, 0.2) is 0 Å². The minimum atomic E-state index is -0.711. The van der Waals surface area contributed by atoms with Crippen LogP contribution in [0, 0.1) is 0 Å². The van der Waals surface area contributed by atoms with Gasteiger partial charge < -0.3 is 15.9 Å². The largest absolute Gasteiger partial charge is 0.507 e. The molecule has 2 aromatic rings. The SMILES string of the molecule is Nc1nonc1C(=O)N/N=C/c1cc(Br)c(O)cc1O. The van der Waals surface area contributed by atoms with Crippen LogP contribution < -0.4 is 11.2 Å². The third-order valence-electron chi connectivity index (χ3n) is 2.19. The highest BCUT2D eigenvalue weighted by Gasteiger charge is 2.15. The van der Waals surface area contributed by atoms with Crippen molar-refractivity contribution < 1.29 is 19.6 Å². The molecule has 1 amide bonds. The summed E-state index contributed by atoms with van der Waals surface area (Å²) < 4.78 is 4.64. The normalized spacial score (nSPS) is 10.8. The molecule has 1 aromatic carbocycles. The number of anilines is 1. The first-order chi connectivity index (χ1) is 9.49. The second-order valence-corrected chi connectivity index (χ2v) is 4.41. The Bertz CT molecular complexity index is 684. The minimum absolute atomic E-state index is 0.120. The maximum absolute atomic E-state index is 11.5. The number of nitrogens with one attached hydrogen (secondary N) is 1. The van der Waals surface area contributed by atoms with Crippen molar-refractivity contribution in [3.63, 3.8) is 0 Å². The number of hydrazone groups is 1. The maximum Gasteiger partial charge on any atom is 0.297 e. The lowest BCUT2D eigenvalue weighted by Crippen LogP contribution is -2.19. The van der Waals surface area contributed by atoms with E-state index < -0.39 is 5.91 Å². The number of carbonyl (C=O) groups is 1. The van der Waals surface area contributed by atoms with Crippen LogP contribution in [0.2, 0.25) is 0 Å². The first kappa shape index (κ1) is 13.8. The van der Waals surface area contributed by atoms with Gasteiger partial charge in [-0.2, -0.15) is 5.10 Å². The Morgan fingerprint density at radius 3 is 2.80 bits per heavy atom. The van der Waals surface area contributed by atoms with Crippen LogP contribution in [0.5, 0.6) is 11.5 Å². The highest BCUT2D eigenvalue weighted by atomic mass is 79.9. The van der Waals surface area contributed by atoms with Crippen molar-refractivity contribution in [3.05, 3.63) is 27.9 Å². The Labute approximate surface area is 120 Å². The monoisotopic (exact) mass is 341 g/mol. The van der Waals surface area contributed by atoms with Crippen molar-refractivity contribution in [2.45, 2.75) is 0 Å². The number of carbonyl (C=O) groups excluding carboxylic acids is 1. The van der Waals surface area contributed by atoms with Gasteiger partial charge in [-0.05, 0) is 32.3 Å². The molecule has 0 spiro atoms. The molecule has 1 heterocycles. The number of nitrogen functional groups attached to an aromatic ring is 1. The van der Waals surface area contributed by atoms with Crippen LogP contribution in [0.15, 0.2) is 26.3 Å². The molecule has 0 fully saturated rings. The minimum Gasteiger partial charge on any atom is -0.507 e. The smallest absolute Gasteiger partial charge is 0.297 e. The summed E-state index contributed by atoms with van der Waals surface area (Å²) in [6.07, 6.45) is 1.18. The fraction of sp³-hybridized carbons (Fsp3) is 0. The predicted molar refractivity (Wildman–Crippen MR) is 71.2 cm³/mol. The molecular weight excluding hydrogens is 334 g/mol. The Kier molecular flexibility index (Phi) is 3.84. The van der Waals surface area contributed by atoms with Crippen molar-refractivity contribution in [2.75, 3.05) is 5.73 Å². The molecule has 104 valence electrons. The number of amides is 1. The van der Waals surface area contributed by atoms with Crippen LogP contribution in [0.4, 0.5) is 5.82 Å². The number of hydrogen-bond donors (Lipinski definition) is 4. The number of phenols is 2. The molecule has 10 heteroatoms. The van der Waals surface area contributed by atoms with Gasteiger partial charge in [0.05, 0.1) is 10.7 Å². The number of halogens is 1. The third kappa shape index (κ3) is 2.85. The standard InChI is InChI=1S/C10H8BrN5O4/c11-5-1-4(6(17)2-7(5)18)3-13-14-10(19)8-9(12)16-20-15-8/h1-3,17-18H,(H2,12,16)(H,14,19)/b13-3+. The van der Waals surface area contributed by atoms with E-state index in [0.29, 0.717) is 4.47 Å². The summed E-state index contributed by atoms with van der Waals surface area (Å²) in [5, 5.41) is 29.1. The molecule has 9 nitrogen and oxygen atoms in total. The number of nitrogens with two attached hydrogens (primary N) is 1. The van der Waals surface area contributed by atoms with E-state index >= 15 is 0 Å². The summed E-state index contributed by atoms with van der Waals surface area (Å²) >= 11 is 3.08. The number of benzene rings is 1. The maximum atomic E-state index is 11.5. The first-order valence-corrected chi connectivity index (χ1v) is 5.91. The van der Waals surface area contributed by atoms with E-state index in [1.165, 1.54) is 12.3 Å². The molecule has 0 unspecified atom stereocenters. The summed E-state index contributed by atoms with van der Waals surface area (Å²) in [5.74, 6) is -1.19. The van der Waals surface area contributed by atoms with E-state index in [-0.39, 0.29) is 28.6 Å². The molecule has 0 aliphatic rings. The average Bonchev–Trinajstić information content (AvgIpc) is 2.81. The lowest BCUT2D eigenvalue weighted by molar-refractivity contribution is 0.0946. The molecule has 0 saturated carbocycles. The topological polar surface area (TPSA) is 147 Å². The van der Waals surface area contributed by atoms with Crippen molar-refractivity contribution in [3.8, 4) is 11.5 Å². The second kappa shape index (κ2) is 5.57. The number of nitrogens with zero attached hydrogens (tertiary/aromatic N) is 3. The summed E-state index contributed by atoms with van der Waals surface area (Å²) in [4.78, 5) is 11.5. The van der Waals surface area contributed by atoms with Crippen LogP contribution in [0.25, 0.3) is 0 Å². The van der Waals surface area contributed by atoms with Gasteiger partial charge in [0, 0.05) is 11.6 Å². The number of hydrogen-bond acceptors (Lipinski definition) is 8. The third-order valence-corrected chi connectivity index (χ3v) is 2.83. The van der Waals surface area contributed by atoms with E-state index in [2.05, 4.69) is 41.4 Å². The lowest BCUT2D eigenvalue weighted by atomic mass is 10.2. The molecule has 0 bridgehead atoms. The molecular formula is C10H8BrN5O4. The summed E-state index contributed by atoms with van der Waals surface area (Å²) in [6, 6.07) is 2.55. The van der Waals surface area contributed by atoms with E-state index in [1.54, 1.807) is 0 Å². The van der Waals surface area contributed by atoms with Gasteiger partial charge in [-0.15, -0.1) is 0 Å². The summed E-state index contributed by atoms with van der Waals surface area (Å²) in [5.41, 5.74) is 7.55. The predicted octanol–water partition coefficient (Wildman–Crippen LogP) is 0.589. The quantitative estimate of drug-likeness (QED) is 0.471. The number of phenolic OH excluding ortho intramolecular Hbond substituents is 2. The zero-order valence-corrected chi connectivity index (χ0v) is 11.3. The molecule has 2 rings (SSSR count). The second-order valence-electron chi connectivity index (χ2n) is 3.56. The van der Waals surface area contributed by atoms with Gasteiger partial charge >= 0.3 is 0 Å². The zero-order chi connectivity index (χ0) is 14.7. The molecule has 0 saturated heterocycles. The van der Waals surface area contributed by atoms with Crippen molar-refractivity contribution in [1.29, 1.82) is 0 Å². The first-order valence-electron chi connectivity index (χ1n) is 5.12. The van der Waals surface area contributed by atoms with Crippen LogP contribution in [0.3, 0.4) is 0 Å². The molecule has 0 aliphatic carbocycles. The number of aromatic nitrogens is 2. The number of rotatable bonds is 3. The van der Waals surface area contributed by atoms with Gasteiger partial charge in [0.1, 0.15) is 11.5 Å². The van der Waals surface area contributed by atoms with Gasteiger partial charge in [-0.3, -0.25) is 4.79 Å². The van der Waals surface area contributed by atoms with Gasteiger partial charge in [0.2, 0.25) is 11.5 Å². The molecule has 20 heavy (non-hydrogen) atoms. The summed E-state index contributed by atoms with van der Waals surface area (Å²) in [6.45, 7) is 0. The fourth-order valence-electron chi connectivity index (χ4n) is 1.24. The van der Waals surface area contributed by atoms with Crippen molar-refractivity contribution in [2.24, 2.45) is 5.10 Å². The highest BCUT2D eigenvalue weighted by Crippen LogP contribution is 2.30. The summed E-state index contributed by atoms with van der Waals surface area (Å²) in [7, 11) is 0. The molecule has 0 radical (unpaired) electrons. The highest BCUT2D eigenvalue weighted by molar-refractivity contribution is 9.10. The lowest BCUT2D eigenvalue weighted by Gasteiger charge is -2.02. The van der Waals surface area contributed by atoms with Crippen molar-refractivity contribution in [1.82, 2.24) is 15.7 Å². The van der Waals surface area contributed by atoms with E-state index in [4.69, 9.17) is 5.73 Å². The average molecular weight is 342 g/mol. The van der Waals surface area contributed by atoms with Gasteiger partial charge in [0.25, 0.3) is 5.91 Å². The van der Waals surface area contributed by atoms with E-state index in [0.717, 1.165) is 6.07 Å². The Balaban J connectivity index is 2.09. The van der Waals surface area contributed by atoms with Gasteiger partial charge in [-0.1, -0.05) is 0 Å². The fourth-order valence-corrected chi connectivity index (χ4v) is 1.60. The van der Waals surface area contributed by atoms with Crippen LogP contribution in [0.1, 0.15) is 16.1 Å². The van der Waals surface area contributed by atoms with Crippen LogP contribution in [-0.2, 0) is 0 Å². The Morgan fingerprint density at radius 1 is 1.40 bits per heavy atom. The van der Waals surface area contributed by atoms with E-state index in [1.807, 2.05) is 0 Å². The molecule has 0 atom stereocenters. The Hall–Kier alpha value is -2.62. The van der Waals surface area contributed by atoms with E-state index in [9.17, 15) is 15.0 Å². The van der Waals surface area contributed by atoms with Gasteiger partial charge in [-0.25, -0.2) is 10.1 Å². The zero-order valence-electron chi connectivity index (χ0n) is 9.74. The molecule has 0 aliphatic heterocycles. The Morgan fingerprint density at radius 2 is 2.15 bits per heavy atom. The molecule has 1 aromatic heterocycles. The van der Waals surface area contributed by atoms with Crippen LogP contribution >= 0.6 is 15.9 Å². The van der Waals surface area contributed by atoms with Crippen molar-refractivity contribution >= 4 is 33.9 Å². The number of aromatic hydroxyl groups is 2.